The Kier molecular flexibility index (Phi) is 10.8. The van der Waals surface area contributed by atoms with Crippen LogP contribution in [0, 0.1) is 0 Å². The van der Waals surface area contributed by atoms with Gasteiger partial charge in [0.2, 0.25) is 0 Å². The molecule has 19 heavy (non-hydrogen) atoms. The fourth-order valence-corrected chi connectivity index (χ4v) is 1.37. The van der Waals surface area contributed by atoms with Crippen molar-refractivity contribution in [2.45, 2.75) is 6.29 Å². The minimum atomic E-state index is -0.227. The molecule has 0 aromatic heterocycles. The monoisotopic (exact) mass is 278 g/mol. The van der Waals surface area contributed by atoms with Gasteiger partial charge in [-0.2, -0.15) is 0 Å². The number of carbonyl (C=O) groups is 1. The van der Waals surface area contributed by atoms with Gasteiger partial charge in [0.25, 0.3) is 0 Å². The highest BCUT2D eigenvalue weighted by atomic mass is 16.7. The van der Waals surface area contributed by atoms with Crippen molar-refractivity contribution < 1.29 is 33.2 Å². The maximum absolute atomic E-state index is 9.94. The summed E-state index contributed by atoms with van der Waals surface area (Å²) in [5.74, 6) is 0. The highest BCUT2D eigenvalue weighted by Crippen LogP contribution is 2.03. The fraction of sp³-hybridized carbons (Fsp3) is 0.917. The van der Waals surface area contributed by atoms with E-state index in [9.17, 15) is 4.79 Å². The summed E-state index contributed by atoms with van der Waals surface area (Å²) in [5, 5.41) is 0. The average Bonchev–Trinajstić information content (AvgIpc) is 2.93. The van der Waals surface area contributed by atoms with Gasteiger partial charge in [-0.05, 0) is 0 Å². The van der Waals surface area contributed by atoms with Crippen LogP contribution in [0.3, 0.4) is 0 Å². The first-order chi connectivity index (χ1) is 9.43. The summed E-state index contributed by atoms with van der Waals surface area (Å²) >= 11 is 0. The number of carbonyl (C=O) groups excluding carboxylic acids is 1. The number of aldehydes is 1. The second-order valence-corrected chi connectivity index (χ2v) is 3.71. The third-order valence-electron chi connectivity index (χ3n) is 2.25. The third kappa shape index (κ3) is 9.94. The minimum Gasteiger partial charge on any atom is -0.377 e. The number of hydrogen-bond donors (Lipinski definition) is 0. The van der Waals surface area contributed by atoms with Crippen molar-refractivity contribution in [2.75, 3.05) is 66.1 Å². The van der Waals surface area contributed by atoms with E-state index >= 15 is 0 Å². The van der Waals surface area contributed by atoms with Crippen LogP contribution in [0.2, 0.25) is 0 Å². The molecule has 1 aliphatic heterocycles. The van der Waals surface area contributed by atoms with Crippen LogP contribution in [0.1, 0.15) is 0 Å². The van der Waals surface area contributed by atoms with E-state index in [0.717, 1.165) is 0 Å². The van der Waals surface area contributed by atoms with Gasteiger partial charge in [0.05, 0.1) is 59.5 Å². The Labute approximate surface area is 113 Å². The van der Waals surface area contributed by atoms with Crippen LogP contribution in [0.15, 0.2) is 0 Å². The maximum Gasteiger partial charge on any atom is 0.181 e. The minimum absolute atomic E-state index is 0.117. The van der Waals surface area contributed by atoms with E-state index in [1.807, 2.05) is 0 Å². The lowest BCUT2D eigenvalue weighted by atomic mass is 10.6. The molecule has 0 spiro atoms. The zero-order valence-corrected chi connectivity index (χ0v) is 11.1. The Morgan fingerprint density at radius 2 is 1.37 bits per heavy atom. The molecule has 7 nitrogen and oxygen atoms in total. The Hall–Kier alpha value is -0.570. The predicted molar refractivity (Wildman–Crippen MR) is 65.0 cm³/mol. The van der Waals surface area contributed by atoms with Crippen LogP contribution in [0.4, 0.5) is 0 Å². The third-order valence-corrected chi connectivity index (χ3v) is 2.25. The van der Waals surface area contributed by atoms with E-state index in [2.05, 4.69) is 0 Å². The Morgan fingerprint density at radius 1 is 0.842 bits per heavy atom. The van der Waals surface area contributed by atoms with Crippen molar-refractivity contribution in [3.05, 3.63) is 0 Å². The van der Waals surface area contributed by atoms with Crippen LogP contribution < -0.4 is 0 Å². The Bertz CT molecular complexity index is 206. The summed E-state index contributed by atoms with van der Waals surface area (Å²) in [7, 11) is 0. The standard InChI is InChI=1S/C12H22O7/c13-1-2-14-3-4-15-5-6-16-7-8-17-11-12-18-9-10-19-12/h1,12H,2-11H2. The van der Waals surface area contributed by atoms with Gasteiger partial charge < -0.3 is 33.2 Å². The molecule has 0 N–H and O–H groups in total. The summed E-state index contributed by atoms with van der Waals surface area (Å²) in [5.41, 5.74) is 0. The molecule has 1 heterocycles. The Balaban J connectivity index is 1.68. The number of rotatable bonds is 13. The van der Waals surface area contributed by atoms with Crippen molar-refractivity contribution >= 4 is 6.29 Å². The van der Waals surface area contributed by atoms with Gasteiger partial charge in [-0.1, -0.05) is 0 Å². The second kappa shape index (κ2) is 12.5. The maximum atomic E-state index is 9.94. The van der Waals surface area contributed by atoms with Gasteiger partial charge >= 0.3 is 0 Å². The zero-order valence-electron chi connectivity index (χ0n) is 11.1. The molecule has 1 saturated heterocycles. The van der Waals surface area contributed by atoms with E-state index in [-0.39, 0.29) is 12.9 Å². The molecular formula is C12H22O7. The SMILES string of the molecule is O=CCOCCOCCOCCOCC1OCCO1. The molecule has 1 rings (SSSR count). The van der Waals surface area contributed by atoms with E-state index in [0.29, 0.717) is 65.7 Å². The number of ether oxygens (including phenoxy) is 6. The highest BCUT2D eigenvalue weighted by molar-refractivity contribution is 5.50. The van der Waals surface area contributed by atoms with Gasteiger partial charge in [0.15, 0.2) is 6.29 Å². The normalized spacial score (nSPS) is 16.0. The molecule has 0 bridgehead atoms. The molecule has 7 heteroatoms. The molecule has 1 aliphatic rings. The second-order valence-electron chi connectivity index (χ2n) is 3.71. The lowest BCUT2D eigenvalue weighted by molar-refractivity contribution is -0.112. The molecule has 0 radical (unpaired) electrons. The molecule has 0 unspecified atom stereocenters. The first-order valence-corrected chi connectivity index (χ1v) is 6.41. The Morgan fingerprint density at radius 3 is 1.95 bits per heavy atom. The molecule has 0 aromatic rings. The first kappa shape index (κ1) is 16.5. The van der Waals surface area contributed by atoms with Gasteiger partial charge in [0.1, 0.15) is 12.9 Å². The lowest BCUT2D eigenvalue weighted by Crippen LogP contribution is -2.18. The van der Waals surface area contributed by atoms with Crippen molar-refractivity contribution in [3.8, 4) is 0 Å². The summed E-state index contributed by atoms with van der Waals surface area (Å²) in [6.45, 7) is 4.74. The van der Waals surface area contributed by atoms with Crippen LogP contribution in [0.5, 0.6) is 0 Å². The average molecular weight is 278 g/mol. The summed E-state index contributed by atoms with van der Waals surface area (Å²) in [6.07, 6.45) is 0.486. The van der Waals surface area contributed by atoms with Crippen molar-refractivity contribution in [1.29, 1.82) is 0 Å². The number of hydrogen-bond acceptors (Lipinski definition) is 7. The summed E-state index contributed by atoms with van der Waals surface area (Å²) in [6, 6.07) is 0. The van der Waals surface area contributed by atoms with Crippen LogP contribution >= 0.6 is 0 Å². The molecule has 1 fully saturated rings. The predicted octanol–water partition coefficient (Wildman–Crippen LogP) is -0.375. The molecule has 0 amide bonds. The summed E-state index contributed by atoms with van der Waals surface area (Å²) < 4.78 is 31.2. The molecule has 0 aromatic carbocycles. The summed E-state index contributed by atoms with van der Waals surface area (Å²) in [4.78, 5) is 9.94. The largest absolute Gasteiger partial charge is 0.377 e. The van der Waals surface area contributed by atoms with Crippen molar-refractivity contribution in [3.63, 3.8) is 0 Å². The topological polar surface area (TPSA) is 72.5 Å². The van der Waals surface area contributed by atoms with Crippen LogP contribution in [0.25, 0.3) is 0 Å². The molecule has 0 atom stereocenters. The van der Waals surface area contributed by atoms with E-state index in [4.69, 9.17) is 28.4 Å². The molecular weight excluding hydrogens is 256 g/mol. The van der Waals surface area contributed by atoms with Crippen molar-refractivity contribution in [2.24, 2.45) is 0 Å². The zero-order chi connectivity index (χ0) is 13.6. The van der Waals surface area contributed by atoms with Gasteiger partial charge in [-0.15, -0.1) is 0 Å². The lowest BCUT2D eigenvalue weighted by Gasteiger charge is -2.10. The first-order valence-electron chi connectivity index (χ1n) is 6.41. The molecule has 0 saturated carbocycles. The van der Waals surface area contributed by atoms with Crippen LogP contribution in [-0.4, -0.2) is 78.6 Å². The van der Waals surface area contributed by atoms with Crippen molar-refractivity contribution in [1.82, 2.24) is 0 Å². The molecule has 0 aliphatic carbocycles. The van der Waals surface area contributed by atoms with E-state index in [1.54, 1.807) is 0 Å². The van der Waals surface area contributed by atoms with Gasteiger partial charge in [-0.25, -0.2) is 0 Å². The van der Waals surface area contributed by atoms with E-state index in [1.165, 1.54) is 0 Å². The van der Waals surface area contributed by atoms with Crippen LogP contribution in [-0.2, 0) is 33.2 Å². The molecule has 112 valence electrons. The smallest absolute Gasteiger partial charge is 0.181 e. The van der Waals surface area contributed by atoms with Gasteiger partial charge in [-0.3, -0.25) is 0 Å². The van der Waals surface area contributed by atoms with E-state index < -0.39 is 0 Å². The van der Waals surface area contributed by atoms with Gasteiger partial charge in [0, 0.05) is 0 Å². The fourth-order valence-electron chi connectivity index (χ4n) is 1.37. The highest BCUT2D eigenvalue weighted by Gasteiger charge is 2.15. The quantitative estimate of drug-likeness (QED) is 0.336.